The molecule has 0 bridgehead atoms. The largest absolute Gasteiger partial charge is 0.392 e. The van der Waals surface area contributed by atoms with Crippen molar-refractivity contribution in [1.29, 1.82) is 0 Å². The second-order valence-electron chi connectivity index (χ2n) is 6.09. The van der Waals surface area contributed by atoms with Gasteiger partial charge in [0.1, 0.15) is 0 Å². The molecule has 1 amide bonds. The van der Waals surface area contributed by atoms with Crippen molar-refractivity contribution in [2.75, 3.05) is 19.6 Å². The summed E-state index contributed by atoms with van der Waals surface area (Å²) in [5.74, 6) is 0.0550. The lowest BCUT2D eigenvalue weighted by molar-refractivity contribution is -0.123. The third-order valence-electron chi connectivity index (χ3n) is 4.11. The summed E-state index contributed by atoms with van der Waals surface area (Å²) in [6.45, 7) is 6.69. The maximum atomic E-state index is 12.0. The van der Waals surface area contributed by atoms with Gasteiger partial charge >= 0.3 is 0 Å². The second-order valence-corrected chi connectivity index (χ2v) is 7.07. The average molecular weight is 310 g/mol. The normalized spacial score (nSPS) is 18.9. The van der Waals surface area contributed by atoms with Crippen LogP contribution in [-0.2, 0) is 4.79 Å². The Balaban J connectivity index is 1.89. The highest BCUT2D eigenvalue weighted by Crippen LogP contribution is 2.27. The fraction of sp³-hybridized carbons (Fsp3) is 0.688. The van der Waals surface area contributed by atoms with Gasteiger partial charge in [-0.25, -0.2) is 0 Å². The Morgan fingerprint density at radius 1 is 1.43 bits per heavy atom. The topological polar surface area (TPSA) is 52.6 Å². The Morgan fingerprint density at radius 3 is 2.71 bits per heavy atom. The number of aliphatic hydroxyl groups excluding tert-OH is 1. The molecule has 1 fully saturated rings. The molecule has 1 aliphatic heterocycles. The van der Waals surface area contributed by atoms with Gasteiger partial charge in [0.25, 0.3) is 0 Å². The molecule has 21 heavy (non-hydrogen) atoms. The fourth-order valence-electron chi connectivity index (χ4n) is 2.65. The van der Waals surface area contributed by atoms with Crippen molar-refractivity contribution >= 4 is 17.2 Å². The maximum Gasteiger partial charge on any atom is 0.222 e. The second kappa shape index (κ2) is 7.92. The molecule has 2 heterocycles. The summed E-state index contributed by atoms with van der Waals surface area (Å²) in [4.78, 5) is 15.7. The van der Waals surface area contributed by atoms with Gasteiger partial charge in [0, 0.05) is 11.4 Å². The number of rotatable bonds is 7. The Labute approximate surface area is 131 Å². The Bertz CT molecular complexity index is 427. The number of nitrogens with one attached hydrogen (secondary N) is 1. The van der Waals surface area contributed by atoms with E-state index in [4.69, 9.17) is 0 Å². The quantitative estimate of drug-likeness (QED) is 0.813. The predicted octanol–water partition coefficient (Wildman–Crippen LogP) is 2.41. The number of hydrogen-bond donors (Lipinski definition) is 2. The average Bonchev–Trinajstić information content (AvgIpc) is 3.11. The Morgan fingerprint density at radius 2 is 2.14 bits per heavy atom. The van der Waals surface area contributed by atoms with E-state index in [9.17, 15) is 9.90 Å². The van der Waals surface area contributed by atoms with Crippen LogP contribution in [0.15, 0.2) is 17.5 Å². The summed E-state index contributed by atoms with van der Waals surface area (Å²) in [6, 6.07) is 4.48. The zero-order chi connectivity index (χ0) is 15.2. The van der Waals surface area contributed by atoms with E-state index in [1.807, 2.05) is 13.8 Å². The highest BCUT2D eigenvalue weighted by Gasteiger charge is 2.25. The van der Waals surface area contributed by atoms with Gasteiger partial charge in [0.15, 0.2) is 0 Å². The van der Waals surface area contributed by atoms with Crippen molar-refractivity contribution in [1.82, 2.24) is 10.2 Å². The number of aliphatic hydroxyl groups is 1. The lowest BCUT2D eigenvalue weighted by Crippen LogP contribution is -2.37. The third-order valence-corrected chi connectivity index (χ3v) is 5.08. The molecule has 1 aliphatic rings. The van der Waals surface area contributed by atoms with Crippen LogP contribution >= 0.6 is 11.3 Å². The SMILES string of the molecule is CC(C)C(O)CC(=O)NCC(c1cccs1)N1CCCC1. The molecule has 118 valence electrons. The van der Waals surface area contributed by atoms with Gasteiger partial charge < -0.3 is 10.4 Å². The summed E-state index contributed by atoms with van der Waals surface area (Å²) >= 11 is 1.75. The molecule has 2 rings (SSSR count). The van der Waals surface area contributed by atoms with E-state index in [0.717, 1.165) is 13.1 Å². The molecule has 0 spiro atoms. The monoisotopic (exact) mass is 310 g/mol. The smallest absolute Gasteiger partial charge is 0.222 e. The first kappa shape index (κ1) is 16.5. The number of carbonyl (C=O) groups excluding carboxylic acids is 1. The van der Waals surface area contributed by atoms with Crippen molar-refractivity contribution in [2.24, 2.45) is 5.92 Å². The van der Waals surface area contributed by atoms with Crippen LogP contribution in [-0.4, -0.2) is 41.7 Å². The van der Waals surface area contributed by atoms with Gasteiger partial charge in [0.05, 0.1) is 18.6 Å². The first-order chi connectivity index (χ1) is 10.1. The van der Waals surface area contributed by atoms with Gasteiger partial charge in [-0.15, -0.1) is 11.3 Å². The van der Waals surface area contributed by atoms with Crippen molar-refractivity contribution < 1.29 is 9.90 Å². The van der Waals surface area contributed by atoms with Crippen LogP contribution in [0.1, 0.15) is 44.0 Å². The molecule has 1 aromatic heterocycles. The van der Waals surface area contributed by atoms with Crippen LogP contribution in [0.3, 0.4) is 0 Å². The minimum absolute atomic E-state index is 0.0584. The van der Waals surface area contributed by atoms with Gasteiger partial charge in [-0.05, 0) is 43.3 Å². The van der Waals surface area contributed by atoms with Crippen molar-refractivity contribution in [2.45, 2.75) is 45.3 Å². The zero-order valence-corrected chi connectivity index (χ0v) is 13.7. The number of likely N-dealkylation sites (tertiary alicyclic amines) is 1. The van der Waals surface area contributed by atoms with E-state index in [0.29, 0.717) is 6.54 Å². The molecule has 0 aliphatic carbocycles. The molecule has 4 nitrogen and oxygen atoms in total. The number of amides is 1. The summed E-state index contributed by atoms with van der Waals surface area (Å²) in [6.07, 6.45) is 2.11. The van der Waals surface area contributed by atoms with Crippen LogP contribution in [0.2, 0.25) is 0 Å². The zero-order valence-electron chi connectivity index (χ0n) is 12.9. The molecule has 5 heteroatoms. The first-order valence-corrected chi connectivity index (χ1v) is 8.68. The number of hydrogen-bond acceptors (Lipinski definition) is 4. The maximum absolute atomic E-state index is 12.0. The van der Waals surface area contributed by atoms with Gasteiger partial charge in [-0.1, -0.05) is 19.9 Å². The van der Waals surface area contributed by atoms with Crippen molar-refractivity contribution in [3.63, 3.8) is 0 Å². The highest BCUT2D eigenvalue weighted by atomic mass is 32.1. The number of nitrogens with zero attached hydrogens (tertiary/aromatic N) is 1. The summed E-state index contributed by atoms with van der Waals surface area (Å²) in [5.41, 5.74) is 0. The molecule has 0 radical (unpaired) electrons. The summed E-state index contributed by atoms with van der Waals surface area (Å²) in [5, 5.41) is 14.9. The minimum atomic E-state index is -0.558. The Hall–Kier alpha value is -0.910. The van der Waals surface area contributed by atoms with Crippen molar-refractivity contribution in [3.8, 4) is 0 Å². The van der Waals surface area contributed by atoms with Crippen LogP contribution < -0.4 is 5.32 Å². The highest BCUT2D eigenvalue weighted by molar-refractivity contribution is 7.10. The summed E-state index contributed by atoms with van der Waals surface area (Å²) < 4.78 is 0. The minimum Gasteiger partial charge on any atom is -0.392 e. The van der Waals surface area contributed by atoms with E-state index in [1.54, 1.807) is 11.3 Å². The molecule has 1 saturated heterocycles. The molecule has 2 unspecified atom stereocenters. The molecule has 2 N–H and O–H groups in total. The van der Waals surface area contributed by atoms with Gasteiger partial charge in [-0.3, -0.25) is 9.69 Å². The number of thiophene rings is 1. The lowest BCUT2D eigenvalue weighted by Gasteiger charge is -2.27. The van der Waals surface area contributed by atoms with E-state index in [2.05, 4.69) is 27.7 Å². The van der Waals surface area contributed by atoms with E-state index in [1.165, 1.54) is 17.7 Å². The Kier molecular flexibility index (Phi) is 6.21. The number of carbonyl (C=O) groups is 1. The van der Waals surface area contributed by atoms with Gasteiger partial charge in [-0.2, -0.15) is 0 Å². The van der Waals surface area contributed by atoms with E-state index < -0.39 is 6.10 Å². The van der Waals surface area contributed by atoms with Crippen LogP contribution in [0.5, 0.6) is 0 Å². The summed E-state index contributed by atoms with van der Waals surface area (Å²) in [7, 11) is 0. The predicted molar refractivity (Wildman–Crippen MR) is 86.3 cm³/mol. The molecular weight excluding hydrogens is 284 g/mol. The first-order valence-electron chi connectivity index (χ1n) is 7.80. The van der Waals surface area contributed by atoms with Gasteiger partial charge in [0.2, 0.25) is 5.91 Å². The fourth-order valence-corrected chi connectivity index (χ4v) is 3.51. The van der Waals surface area contributed by atoms with Crippen LogP contribution in [0.25, 0.3) is 0 Å². The standard InChI is InChI=1S/C16H26N2O2S/c1-12(2)14(19)10-16(20)17-11-13(15-6-5-9-21-15)18-7-3-4-8-18/h5-6,9,12-14,19H,3-4,7-8,10-11H2,1-2H3,(H,17,20). The molecule has 1 aromatic rings. The molecule has 0 aromatic carbocycles. The lowest BCUT2D eigenvalue weighted by atomic mass is 10.0. The van der Waals surface area contributed by atoms with Crippen LogP contribution in [0.4, 0.5) is 0 Å². The molecule has 2 atom stereocenters. The third kappa shape index (κ3) is 4.80. The molecule has 0 saturated carbocycles. The van der Waals surface area contributed by atoms with E-state index in [-0.39, 0.29) is 24.3 Å². The van der Waals surface area contributed by atoms with Crippen LogP contribution in [0, 0.1) is 5.92 Å². The van der Waals surface area contributed by atoms with E-state index >= 15 is 0 Å². The molecular formula is C16H26N2O2S. The van der Waals surface area contributed by atoms with Crippen molar-refractivity contribution in [3.05, 3.63) is 22.4 Å².